The molecule has 0 aromatic heterocycles. The highest BCUT2D eigenvalue weighted by molar-refractivity contribution is 7.91. The monoisotopic (exact) mass is 364 g/mol. The van der Waals surface area contributed by atoms with E-state index in [0.29, 0.717) is 6.42 Å². The molecule has 2 aliphatic rings. The van der Waals surface area contributed by atoms with Crippen LogP contribution in [0.25, 0.3) is 0 Å². The van der Waals surface area contributed by atoms with Crippen molar-refractivity contribution in [3.63, 3.8) is 0 Å². The molecule has 3 rings (SSSR count). The lowest BCUT2D eigenvalue weighted by Crippen LogP contribution is -2.44. The number of nitrogens with one attached hydrogen (secondary N) is 1. The van der Waals surface area contributed by atoms with Gasteiger partial charge >= 0.3 is 0 Å². The van der Waals surface area contributed by atoms with Gasteiger partial charge in [-0.1, -0.05) is 30.3 Å². The van der Waals surface area contributed by atoms with E-state index in [4.69, 9.17) is 0 Å². The van der Waals surface area contributed by atoms with Gasteiger partial charge < -0.3 is 10.2 Å². The number of amides is 2. The van der Waals surface area contributed by atoms with Crippen LogP contribution >= 0.6 is 0 Å². The SMILES string of the molecule is CC(=O)NC(CC(=O)N(C1CC1)C1CCS(=O)(=O)C1)c1ccccc1. The number of rotatable bonds is 6. The van der Waals surface area contributed by atoms with Crippen LogP contribution in [0.3, 0.4) is 0 Å². The van der Waals surface area contributed by atoms with Gasteiger partial charge in [-0.25, -0.2) is 8.42 Å². The molecule has 1 aromatic rings. The average Bonchev–Trinajstić information content (AvgIpc) is 3.31. The molecule has 1 aliphatic heterocycles. The minimum absolute atomic E-state index is 0.0609. The van der Waals surface area contributed by atoms with Crippen LogP contribution in [0.4, 0.5) is 0 Å². The largest absolute Gasteiger partial charge is 0.349 e. The molecule has 136 valence electrons. The topological polar surface area (TPSA) is 83.6 Å². The zero-order chi connectivity index (χ0) is 18.0. The first-order chi connectivity index (χ1) is 11.9. The number of sulfone groups is 1. The first-order valence-corrected chi connectivity index (χ1v) is 10.5. The van der Waals surface area contributed by atoms with Crippen LogP contribution in [0, 0.1) is 0 Å². The Morgan fingerprint density at radius 3 is 2.36 bits per heavy atom. The number of hydrogen-bond acceptors (Lipinski definition) is 4. The third-order valence-corrected chi connectivity index (χ3v) is 6.54. The quantitative estimate of drug-likeness (QED) is 0.828. The number of carbonyl (C=O) groups is 2. The lowest BCUT2D eigenvalue weighted by Gasteiger charge is -2.30. The van der Waals surface area contributed by atoms with Crippen molar-refractivity contribution < 1.29 is 18.0 Å². The minimum atomic E-state index is -3.04. The zero-order valence-corrected chi connectivity index (χ0v) is 15.2. The molecule has 1 aliphatic carbocycles. The number of hydrogen-bond donors (Lipinski definition) is 1. The molecule has 2 amide bonds. The first kappa shape index (κ1) is 17.9. The average molecular weight is 364 g/mol. The smallest absolute Gasteiger partial charge is 0.225 e. The maximum absolute atomic E-state index is 13.0. The molecule has 25 heavy (non-hydrogen) atoms. The van der Waals surface area contributed by atoms with Gasteiger partial charge in [-0.05, 0) is 24.8 Å². The lowest BCUT2D eigenvalue weighted by molar-refractivity contribution is -0.134. The van der Waals surface area contributed by atoms with Crippen molar-refractivity contribution in [2.75, 3.05) is 11.5 Å². The molecule has 0 spiro atoms. The van der Waals surface area contributed by atoms with E-state index in [1.807, 2.05) is 30.3 Å². The summed E-state index contributed by atoms with van der Waals surface area (Å²) in [7, 11) is -3.04. The molecule has 2 fully saturated rings. The Hall–Kier alpha value is -1.89. The summed E-state index contributed by atoms with van der Waals surface area (Å²) in [6.45, 7) is 1.43. The molecule has 2 unspecified atom stereocenters. The van der Waals surface area contributed by atoms with Gasteiger partial charge in [0.1, 0.15) is 0 Å². The van der Waals surface area contributed by atoms with Crippen molar-refractivity contribution >= 4 is 21.7 Å². The van der Waals surface area contributed by atoms with Gasteiger partial charge in [-0.2, -0.15) is 0 Å². The Morgan fingerprint density at radius 1 is 1.16 bits per heavy atom. The molecule has 6 nitrogen and oxygen atoms in total. The summed E-state index contributed by atoms with van der Waals surface area (Å²) < 4.78 is 23.6. The standard InChI is InChI=1S/C18H24N2O4S/c1-13(21)19-17(14-5-3-2-4-6-14)11-18(22)20(15-7-8-15)16-9-10-25(23,24)12-16/h2-6,15-17H,7-12H2,1H3,(H,19,21). The molecule has 1 heterocycles. The molecule has 0 radical (unpaired) electrons. The fourth-order valence-electron chi connectivity index (χ4n) is 3.52. The summed E-state index contributed by atoms with van der Waals surface area (Å²) in [4.78, 5) is 26.3. The second-order valence-electron chi connectivity index (χ2n) is 6.96. The maximum Gasteiger partial charge on any atom is 0.225 e. The van der Waals surface area contributed by atoms with Gasteiger partial charge in [-0.15, -0.1) is 0 Å². The van der Waals surface area contributed by atoms with Crippen LogP contribution in [-0.2, 0) is 19.4 Å². The summed E-state index contributed by atoms with van der Waals surface area (Å²) in [6, 6.07) is 8.93. The zero-order valence-electron chi connectivity index (χ0n) is 14.3. The van der Waals surface area contributed by atoms with Crippen LogP contribution in [0.2, 0.25) is 0 Å². The van der Waals surface area contributed by atoms with E-state index in [9.17, 15) is 18.0 Å². The van der Waals surface area contributed by atoms with E-state index in [1.165, 1.54) is 6.92 Å². The predicted molar refractivity (Wildman–Crippen MR) is 94.5 cm³/mol. The van der Waals surface area contributed by atoms with E-state index in [0.717, 1.165) is 18.4 Å². The minimum Gasteiger partial charge on any atom is -0.349 e. The fraction of sp³-hybridized carbons (Fsp3) is 0.556. The molecule has 2 atom stereocenters. The summed E-state index contributed by atoms with van der Waals surface area (Å²) in [5.74, 6) is -0.0526. The summed E-state index contributed by atoms with van der Waals surface area (Å²) >= 11 is 0. The Bertz CT molecular complexity index is 744. The molecule has 7 heteroatoms. The van der Waals surface area contributed by atoms with Crippen LogP contribution < -0.4 is 5.32 Å². The predicted octanol–water partition coefficient (Wildman–Crippen LogP) is 1.43. The molecule has 1 saturated heterocycles. The Balaban J connectivity index is 1.75. The summed E-state index contributed by atoms with van der Waals surface area (Å²) in [6.07, 6.45) is 2.52. The van der Waals surface area contributed by atoms with E-state index in [-0.39, 0.29) is 41.8 Å². The van der Waals surface area contributed by atoms with Gasteiger partial charge in [0.15, 0.2) is 9.84 Å². The Labute approximate surface area is 148 Å². The van der Waals surface area contributed by atoms with Gasteiger partial charge in [0, 0.05) is 19.0 Å². The van der Waals surface area contributed by atoms with Gasteiger partial charge in [0.05, 0.1) is 24.0 Å². The highest BCUT2D eigenvalue weighted by Gasteiger charge is 2.42. The number of nitrogens with zero attached hydrogens (tertiary/aromatic N) is 1. The van der Waals surface area contributed by atoms with Crippen molar-refractivity contribution in [1.82, 2.24) is 10.2 Å². The maximum atomic E-state index is 13.0. The van der Waals surface area contributed by atoms with Crippen LogP contribution in [0.15, 0.2) is 30.3 Å². The normalized spacial score (nSPS) is 23.0. The molecule has 1 saturated carbocycles. The van der Waals surface area contributed by atoms with Crippen LogP contribution in [0.1, 0.15) is 44.2 Å². The van der Waals surface area contributed by atoms with Crippen molar-refractivity contribution in [3.05, 3.63) is 35.9 Å². The molecular formula is C18H24N2O4S. The van der Waals surface area contributed by atoms with E-state index < -0.39 is 15.9 Å². The van der Waals surface area contributed by atoms with Crippen molar-refractivity contribution in [3.8, 4) is 0 Å². The van der Waals surface area contributed by atoms with Gasteiger partial charge in [-0.3, -0.25) is 9.59 Å². The Morgan fingerprint density at radius 2 is 1.84 bits per heavy atom. The second kappa shape index (κ2) is 7.15. The molecular weight excluding hydrogens is 340 g/mol. The van der Waals surface area contributed by atoms with E-state index >= 15 is 0 Å². The molecule has 0 bridgehead atoms. The Kier molecular flexibility index (Phi) is 5.13. The fourth-order valence-corrected chi connectivity index (χ4v) is 5.23. The highest BCUT2D eigenvalue weighted by Crippen LogP contribution is 2.33. The van der Waals surface area contributed by atoms with Crippen LogP contribution in [0.5, 0.6) is 0 Å². The third-order valence-electron chi connectivity index (χ3n) is 4.79. The second-order valence-corrected chi connectivity index (χ2v) is 9.19. The summed E-state index contributed by atoms with van der Waals surface area (Å²) in [5, 5.41) is 2.84. The van der Waals surface area contributed by atoms with Crippen LogP contribution in [-0.4, -0.2) is 48.7 Å². The highest BCUT2D eigenvalue weighted by atomic mass is 32.2. The van der Waals surface area contributed by atoms with Gasteiger partial charge in [0.25, 0.3) is 0 Å². The van der Waals surface area contributed by atoms with Gasteiger partial charge in [0.2, 0.25) is 11.8 Å². The summed E-state index contributed by atoms with van der Waals surface area (Å²) in [5.41, 5.74) is 0.876. The number of benzene rings is 1. The van der Waals surface area contributed by atoms with Crippen molar-refractivity contribution in [2.45, 2.75) is 50.7 Å². The first-order valence-electron chi connectivity index (χ1n) is 8.69. The lowest BCUT2D eigenvalue weighted by atomic mass is 10.0. The number of carbonyl (C=O) groups excluding carboxylic acids is 2. The third kappa shape index (κ3) is 4.60. The van der Waals surface area contributed by atoms with E-state index in [1.54, 1.807) is 4.90 Å². The molecule has 1 aromatic carbocycles. The van der Waals surface area contributed by atoms with E-state index in [2.05, 4.69) is 5.32 Å². The van der Waals surface area contributed by atoms with Crippen molar-refractivity contribution in [2.24, 2.45) is 0 Å². The molecule has 1 N–H and O–H groups in total. The van der Waals surface area contributed by atoms with Crippen molar-refractivity contribution in [1.29, 1.82) is 0 Å².